The van der Waals surface area contributed by atoms with Crippen molar-refractivity contribution in [1.82, 2.24) is 19.9 Å². The highest BCUT2D eigenvalue weighted by molar-refractivity contribution is 7.09. The van der Waals surface area contributed by atoms with Crippen molar-refractivity contribution in [2.24, 2.45) is 0 Å². The smallest absolute Gasteiger partial charge is 0.255 e. The average Bonchev–Trinajstić information content (AvgIpc) is 3.09. The standard InChI is InChI=1S/C17H17N5OS/c18-12-3-1-11(2-4-12)16-20-14-5-7-22(9-13(14)17(23)21-16)10-15-19-6-8-24-15/h1-4,6,8H,5,7,9-10,18H2,(H,20,21,23). The third-order valence-corrected chi connectivity index (χ3v) is 4.94. The van der Waals surface area contributed by atoms with E-state index in [1.807, 2.05) is 35.8 Å². The molecule has 4 rings (SSSR count). The Morgan fingerprint density at radius 2 is 2.12 bits per heavy atom. The summed E-state index contributed by atoms with van der Waals surface area (Å²) in [5, 5.41) is 3.04. The van der Waals surface area contributed by atoms with Crippen molar-refractivity contribution in [2.75, 3.05) is 12.3 Å². The van der Waals surface area contributed by atoms with Gasteiger partial charge in [0.15, 0.2) is 0 Å². The minimum absolute atomic E-state index is 0.0596. The molecular formula is C17H17N5OS. The lowest BCUT2D eigenvalue weighted by Crippen LogP contribution is -2.35. The second-order valence-electron chi connectivity index (χ2n) is 5.85. The molecule has 0 bridgehead atoms. The topological polar surface area (TPSA) is 87.9 Å². The number of nitrogens with two attached hydrogens (primary N) is 1. The molecule has 0 unspecified atom stereocenters. The molecular weight excluding hydrogens is 322 g/mol. The van der Waals surface area contributed by atoms with Crippen molar-refractivity contribution in [2.45, 2.75) is 19.5 Å². The number of benzene rings is 1. The molecule has 0 spiro atoms. The Morgan fingerprint density at radius 3 is 2.88 bits per heavy atom. The summed E-state index contributed by atoms with van der Waals surface area (Å²) in [6.07, 6.45) is 2.58. The van der Waals surface area contributed by atoms with E-state index >= 15 is 0 Å². The molecule has 0 fully saturated rings. The molecule has 0 atom stereocenters. The first-order chi connectivity index (χ1) is 11.7. The Labute approximate surface area is 143 Å². The molecule has 1 aliphatic rings. The van der Waals surface area contributed by atoms with E-state index in [9.17, 15) is 4.79 Å². The van der Waals surface area contributed by atoms with Gasteiger partial charge in [0.2, 0.25) is 0 Å². The number of aromatic amines is 1. The van der Waals surface area contributed by atoms with Gasteiger partial charge in [-0.1, -0.05) is 0 Å². The lowest BCUT2D eigenvalue weighted by Gasteiger charge is -2.26. The second-order valence-corrected chi connectivity index (χ2v) is 6.83. The summed E-state index contributed by atoms with van der Waals surface area (Å²) in [6, 6.07) is 7.37. The lowest BCUT2D eigenvalue weighted by atomic mass is 10.1. The van der Waals surface area contributed by atoms with Crippen LogP contribution in [0.4, 0.5) is 5.69 Å². The number of fused-ring (bicyclic) bond motifs is 1. The molecule has 122 valence electrons. The van der Waals surface area contributed by atoms with Gasteiger partial charge in [0.25, 0.3) is 5.56 Å². The first-order valence-corrected chi connectivity index (χ1v) is 8.66. The molecule has 0 saturated heterocycles. The summed E-state index contributed by atoms with van der Waals surface area (Å²) < 4.78 is 0. The Hall–Kier alpha value is -2.51. The predicted molar refractivity (Wildman–Crippen MR) is 94.6 cm³/mol. The minimum Gasteiger partial charge on any atom is -0.399 e. The van der Waals surface area contributed by atoms with Gasteiger partial charge in [-0.2, -0.15) is 0 Å². The summed E-state index contributed by atoms with van der Waals surface area (Å²) >= 11 is 1.64. The van der Waals surface area contributed by atoms with E-state index in [0.29, 0.717) is 18.1 Å². The summed E-state index contributed by atoms with van der Waals surface area (Å²) in [4.78, 5) is 26.6. The Balaban J connectivity index is 1.61. The maximum Gasteiger partial charge on any atom is 0.255 e. The number of hydrogen-bond donors (Lipinski definition) is 2. The third-order valence-electron chi connectivity index (χ3n) is 4.17. The molecule has 1 aromatic carbocycles. The molecule has 0 amide bonds. The van der Waals surface area contributed by atoms with E-state index in [2.05, 4.69) is 19.9 Å². The number of rotatable bonds is 3. The molecule has 3 heterocycles. The van der Waals surface area contributed by atoms with Crippen LogP contribution in [0, 0.1) is 0 Å². The molecule has 7 heteroatoms. The number of nitrogen functional groups attached to an aromatic ring is 1. The van der Waals surface area contributed by atoms with Gasteiger partial charge >= 0.3 is 0 Å². The van der Waals surface area contributed by atoms with Crippen LogP contribution in [0.1, 0.15) is 16.3 Å². The van der Waals surface area contributed by atoms with Crippen molar-refractivity contribution in [3.63, 3.8) is 0 Å². The molecule has 3 aromatic rings. The fourth-order valence-corrected chi connectivity index (χ4v) is 3.57. The zero-order valence-electron chi connectivity index (χ0n) is 13.0. The number of thiazole rings is 1. The SMILES string of the molecule is Nc1ccc(-c2nc3c(c(=O)[nH]2)CN(Cc2nccs2)CC3)cc1. The Kier molecular flexibility index (Phi) is 3.87. The van der Waals surface area contributed by atoms with Crippen LogP contribution in [0.25, 0.3) is 11.4 Å². The first kappa shape index (κ1) is 15.0. The molecule has 0 aliphatic carbocycles. The van der Waals surface area contributed by atoms with Crippen LogP contribution >= 0.6 is 11.3 Å². The van der Waals surface area contributed by atoms with Crippen LogP contribution in [0.3, 0.4) is 0 Å². The normalized spacial score (nSPS) is 14.5. The molecule has 0 radical (unpaired) electrons. The van der Waals surface area contributed by atoms with Gasteiger partial charge in [-0.25, -0.2) is 9.97 Å². The van der Waals surface area contributed by atoms with Gasteiger partial charge in [-0.3, -0.25) is 9.69 Å². The number of nitrogens with zero attached hydrogens (tertiary/aromatic N) is 3. The van der Waals surface area contributed by atoms with E-state index in [0.717, 1.165) is 41.3 Å². The number of hydrogen-bond acceptors (Lipinski definition) is 6. The number of aromatic nitrogens is 3. The third kappa shape index (κ3) is 2.95. The fraction of sp³-hybridized carbons (Fsp3) is 0.235. The maximum absolute atomic E-state index is 12.5. The molecule has 0 saturated carbocycles. The maximum atomic E-state index is 12.5. The van der Waals surface area contributed by atoms with Gasteiger partial charge in [0.05, 0.1) is 17.8 Å². The summed E-state index contributed by atoms with van der Waals surface area (Å²) in [7, 11) is 0. The lowest BCUT2D eigenvalue weighted by molar-refractivity contribution is 0.241. The highest BCUT2D eigenvalue weighted by Gasteiger charge is 2.22. The molecule has 24 heavy (non-hydrogen) atoms. The van der Waals surface area contributed by atoms with Crippen LogP contribution < -0.4 is 11.3 Å². The van der Waals surface area contributed by atoms with Crippen molar-refractivity contribution < 1.29 is 0 Å². The number of nitrogens with one attached hydrogen (secondary N) is 1. The Bertz CT molecular complexity index is 902. The highest BCUT2D eigenvalue weighted by Crippen LogP contribution is 2.21. The van der Waals surface area contributed by atoms with Crippen molar-refractivity contribution in [3.05, 3.63) is 62.5 Å². The Morgan fingerprint density at radius 1 is 1.29 bits per heavy atom. The van der Waals surface area contributed by atoms with Crippen LogP contribution in [0.15, 0.2) is 40.6 Å². The fourth-order valence-electron chi connectivity index (χ4n) is 2.92. The number of H-pyrrole nitrogens is 1. The zero-order chi connectivity index (χ0) is 16.5. The van der Waals surface area contributed by atoms with Crippen LogP contribution in [0.2, 0.25) is 0 Å². The summed E-state index contributed by atoms with van der Waals surface area (Å²) in [6.45, 7) is 2.26. The van der Waals surface area contributed by atoms with Crippen LogP contribution in [-0.2, 0) is 19.5 Å². The van der Waals surface area contributed by atoms with E-state index in [4.69, 9.17) is 5.73 Å². The summed E-state index contributed by atoms with van der Waals surface area (Å²) in [5.74, 6) is 0.604. The predicted octanol–water partition coefficient (Wildman–Crippen LogP) is 2.03. The summed E-state index contributed by atoms with van der Waals surface area (Å²) in [5.41, 5.74) is 8.87. The average molecular weight is 339 g/mol. The molecule has 6 nitrogen and oxygen atoms in total. The largest absolute Gasteiger partial charge is 0.399 e. The van der Waals surface area contributed by atoms with Gasteiger partial charge < -0.3 is 10.7 Å². The zero-order valence-corrected chi connectivity index (χ0v) is 13.8. The van der Waals surface area contributed by atoms with E-state index in [1.54, 1.807) is 11.3 Å². The van der Waals surface area contributed by atoms with E-state index < -0.39 is 0 Å². The van der Waals surface area contributed by atoms with Gasteiger partial charge in [-0.05, 0) is 24.3 Å². The quantitative estimate of drug-likeness (QED) is 0.713. The van der Waals surface area contributed by atoms with Crippen LogP contribution in [-0.4, -0.2) is 26.4 Å². The van der Waals surface area contributed by atoms with E-state index in [1.165, 1.54) is 0 Å². The number of anilines is 1. The van der Waals surface area contributed by atoms with Gasteiger partial charge in [0.1, 0.15) is 10.8 Å². The van der Waals surface area contributed by atoms with Crippen molar-refractivity contribution >= 4 is 17.0 Å². The molecule has 1 aliphatic heterocycles. The highest BCUT2D eigenvalue weighted by atomic mass is 32.1. The van der Waals surface area contributed by atoms with Crippen molar-refractivity contribution in [1.29, 1.82) is 0 Å². The first-order valence-electron chi connectivity index (χ1n) is 7.78. The van der Waals surface area contributed by atoms with Crippen molar-refractivity contribution in [3.8, 4) is 11.4 Å². The van der Waals surface area contributed by atoms with E-state index in [-0.39, 0.29) is 5.56 Å². The van der Waals surface area contributed by atoms with Gasteiger partial charge in [-0.15, -0.1) is 11.3 Å². The van der Waals surface area contributed by atoms with Gasteiger partial charge in [0, 0.05) is 42.3 Å². The monoisotopic (exact) mass is 339 g/mol. The second kappa shape index (κ2) is 6.18. The molecule has 2 aromatic heterocycles. The molecule has 3 N–H and O–H groups in total. The minimum atomic E-state index is -0.0596. The van der Waals surface area contributed by atoms with Crippen LogP contribution in [0.5, 0.6) is 0 Å².